The molecule has 2 rings (SSSR count). The van der Waals surface area contributed by atoms with Crippen LogP contribution in [0.2, 0.25) is 0 Å². The average molecular weight is 330 g/mol. The Balaban J connectivity index is 2.36. The van der Waals surface area contributed by atoms with Crippen LogP contribution in [0.4, 0.5) is 11.6 Å². The molecular weight excluding hydrogens is 310 g/mol. The third-order valence-electron chi connectivity index (χ3n) is 2.90. The van der Waals surface area contributed by atoms with Gasteiger partial charge >= 0.3 is 0 Å². The lowest BCUT2D eigenvalue weighted by Gasteiger charge is -2.47. The smallest absolute Gasteiger partial charge is 0.159 e. The fourth-order valence-electron chi connectivity index (χ4n) is 2.62. The number of hydrogen-bond acceptors (Lipinski definition) is 6. The second-order valence-corrected chi connectivity index (χ2v) is 6.77. The van der Waals surface area contributed by atoms with Crippen LogP contribution in [0.25, 0.3) is 0 Å². The maximum Gasteiger partial charge on any atom is 0.159 e. The molecule has 0 saturated carbocycles. The number of rotatable bonds is 2. The number of morpholine rings is 1. The van der Waals surface area contributed by atoms with Crippen LogP contribution in [0, 0.1) is 0 Å². The molecule has 0 atom stereocenters. The van der Waals surface area contributed by atoms with Gasteiger partial charge in [0, 0.05) is 13.1 Å². The van der Waals surface area contributed by atoms with Crippen molar-refractivity contribution in [3.8, 4) is 0 Å². The average Bonchev–Trinajstić information content (AvgIpc) is 2.25. The number of nitrogens with zero attached hydrogens (tertiary/aromatic N) is 3. The van der Waals surface area contributed by atoms with Crippen LogP contribution in [0.1, 0.15) is 27.7 Å². The summed E-state index contributed by atoms with van der Waals surface area (Å²) in [4.78, 5) is 10.6. The largest absolute Gasteiger partial charge is 0.366 e. The first-order valence-corrected chi connectivity index (χ1v) is 6.96. The normalized spacial score (nSPS) is 21.3. The van der Waals surface area contributed by atoms with Gasteiger partial charge in [0.2, 0.25) is 0 Å². The van der Waals surface area contributed by atoms with E-state index >= 15 is 0 Å². The van der Waals surface area contributed by atoms with E-state index in [0.29, 0.717) is 5.82 Å². The van der Waals surface area contributed by atoms with Crippen LogP contribution in [-0.2, 0) is 4.74 Å². The number of hydrogen-bond donors (Lipinski definition) is 2. The van der Waals surface area contributed by atoms with Gasteiger partial charge in [0.25, 0.3) is 0 Å². The van der Waals surface area contributed by atoms with E-state index < -0.39 is 0 Å². The zero-order valence-electron chi connectivity index (χ0n) is 11.7. The van der Waals surface area contributed by atoms with E-state index in [1.54, 1.807) is 0 Å². The third-order valence-corrected chi connectivity index (χ3v) is 3.63. The topological polar surface area (TPSA) is 76.3 Å². The van der Waals surface area contributed by atoms with Crippen molar-refractivity contribution in [3.05, 3.63) is 10.8 Å². The van der Waals surface area contributed by atoms with Crippen molar-refractivity contribution in [1.82, 2.24) is 9.97 Å². The molecule has 7 heteroatoms. The van der Waals surface area contributed by atoms with Crippen molar-refractivity contribution < 1.29 is 4.74 Å². The highest BCUT2D eigenvalue weighted by molar-refractivity contribution is 9.10. The number of halogens is 1. The fourth-order valence-corrected chi connectivity index (χ4v) is 3.19. The summed E-state index contributed by atoms with van der Waals surface area (Å²) >= 11 is 3.50. The lowest BCUT2D eigenvalue weighted by atomic mass is 9.99. The number of aromatic nitrogens is 2. The molecule has 19 heavy (non-hydrogen) atoms. The SMILES string of the molecule is CC1(C)CN(c2ncnc(NN)c2Br)CC(C)(C)O1. The molecule has 1 aromatic rings. The van der Waals surface area contributed by atoms with E-state index in [0.717, 1.165) is 23.4 Å². The summed E-state index contributed by atoms with van der Waals surface area (Å²) in [6.07, 6.45) is 1.50. The Bertz CT molecular complexity index is 461. The first-order chi connectivity index (χ1) is 8.74. The van der Waals surface area contributed by atoms with Crippen LogP contribution in [0.3, 0.4) is 0 Å². The number of nitrogens with two attached hydrogens (primary N) is 1. The van der Waals surface area contributed by atoms with Crippen molar-refractivity contribution in [3.63, 3.8) is 0 Å². The second kappa shape index (κ2) is 4.88. The predicted octanol–water partition coefficient (Wildman–Crippen LogP) is 1.92. The maximum atomic E-state index is 6.07. The summed E-state index contributed by atoms with van der Waals surface area (Å²) in [5.41, 5.74) is 2.09. The van der Waals surface area contributed by atoms with Crippen LogP contribution >= 0.6 is 15.9 Å². The molecule has 0 radical (unpaired) electrons. The van der Waals surface area contributed by atoms with E-state index in [1.165, 1.54) is 6.33 Å². The minimum Gasteiger partial charge on any atom is -0.366 e. The van der Waals surface area contributed by atoms with Gasteiger partial charge in [0.1, 0.15) is 16.6 Å². The molecule has 106 valence electrons. The first kappa shape index (κ1) is 14.5. The van der Waals surface area contributed by atoms with Crippen molar-refractivity contribution >= 4 is 27.6 Å². The molecule has 0 amide bonds. The summed E-state index contributed by atoms with van der Waals surface area (Å²) in [5, 5.41) is 0. The third kappa shape index (κ3) is 3.16. The highest BCUT2D eigenvalue weighted by atomic mass is 79.9. The molecule has 0 unspecified atom stereocenters. The number of ether oxygens (including phenoxy) is 1. The van der Waals surface area contributed by atoms with Crippen molar-refractivity contribution in [1.29, 1.82) is 0 Å². The van der Waals surface area contributed by atoms with Crippen LogP contribution < -0.4 is 16.2 Å². The van der Waals surface area contributed by atoms with Gasteiger partial charge in [-0.1, -0.05) is 0 Å². The quantitative estimate of drug-likeness (QED) is 0.637. The van der Waals surface area contributed by atoms with Gasteiger partial charge in [-0.25, -0.2) is 15.8 Å². The molecule has 0 aliphatic carbocycles. The standard InChI is InChI=1S/C12H20BrN5O/c1-11(2)5-18(6-12(3,4)19-11)10-8(13)9(17-14)15-7-16-10/h7H,5-6,14H2,1-4H3,(H,15,16,17). The van der Waals surface area contributed by atoms with Crippen LogP contribution in [0.5, 0.6) is 0 Å². The van der Waals surface area contributed by atoms with Crippen molar-refractivity contribution in [2.75, 3.05) is 23.4 Å². The van der Waals surface area contributed by atoms with Gasteiger partial charge < -0.3 is 15.1 Å². The summed E-state index contributed by atoms with van der Waals surface area (Å²) < 4.78 is 6.84. The highest BCUT2D eigenvalue weighted by Crippen LogP contribution is 2.35. The van der Waals surface area contributed by atoms with Crippen LogP contribution in [-0.4, -0.2) is 34.3 Å². The lowest BCUT2D eigenvalue weighted by Crippen LogP contribution is -2.57. The van der Waals surface area contributed by atoms with E-state index in [2.05, 4.69) is 63.9 Å². The molecule has 6 nitrogen and oxygen atoms in total. The Morgan fingerprint density at radius 1 is 1.26 bits per heavy atom. The van der Waals surface area contributed by atoms with Crippen molar-refractivity contribution in [2.24, 2.45) is 5.84 Å². The number of nitrogens with one attached hydrogen (secondary N) is 1. The highest BCUT2D eigenvalue weighted by Gasteiger charge is 2.39. The summed E-state index contributed by atoms with van der Waals surface area (Å²) in [6.45, 7) is 9.85. The van der Waals surface area contributed by atoms with E-state index in [-0.39, 0.29) is 11.2 Å². The van der Waals surface area contributed by atoms with Gasteiger partial charge in [-0.15, -0.1) is 0 Å². The lowest BCUT2D eigenvalue weighted by molar-refractivity contribution is -0.133. The number of hydrazine groups is 1. The summed E-state index contributed by atoms with van der Waals surface area (Å²) in [7, 11) is 0. The molecule has 1 aromatic heterocycles. The Hall–Kier alpha value is -0.920. The Morgan fingerprint density at radius 3 is 2.37 bits per heavy atom. The predicted molar refractivity (Wildman–Crippen MR) is 79.0 cm³/mol. The molecule has 0 bridgehead atoms. The fraction of sp³-hybridized carbons (Fsp3) is 0.667. The van der Waals surface area contributed by atoms with Gasteiger partial charge in [0.15, 0.2) is 5.82 Å². The Kier molecular flexibility index (Phi) is 3.72. The monoisotopic (exact) mass is 329 g/mol. The molecule has 1 fully saturated rings. The number of anilines is 2. The molecule has 1 aliphatic rings. The minimum atomic E-state index is -0.234. The molecule has 2 heterocycles. The second-order valence-electron chi connectivity index (χ2n) is 5.98. The molecule has 3 N–H and O–H groups in total. The summed E-state index contributed by atoms with van der Waals surface area (Å²) in [6, 6.07) is 0. The van der Waals surface area contributed by atoms with Gasteiger partial charge in [-0.05, 0) is 43.6 Å². The zero-order chi connectivity index (χ0) is 14.3. The molecular formula is C12H20BrN5O. The molecule has 0 aromatic carbocycles. The van der Waals surface area contributed by atoms with Crippen LogP contribution in [0.15, 0.2) is 10.8 Å². The van der Waals surface area contributed by atoms with Gasteiger partial charge in [0.05, 0.1) is 11.2 Å². The molecule has 0 spiro atoms. The minimum absolute atomic E-state index is 0.234. The molecule has 1 aliphatic heterocycles. The number of nitrogen functional groups attached to an aromatic ring is 1. The molecule has 1 saturated heterocycles. The van der Waals surface area contributed by atoms with E-state index in [1.807, 2.05) is 0 Å². The van der Waals surface area contributed by atoms with Gasteiger partial charge in [-0.2, -0.15) is 0 Å². The Labute approximate surface area is 121 Å². The zero-order valence-corrected chi connectivity index (χ0v) is 13.3. The van der Waals surface area contributed by atoms with E-state index in [4.69, 9.17) is 10.6 Å². The van der Waals surface area contributed by atoms with Gasteiger partial charge in [-0.3, -0.25) is 0 Å². The van der Waals surface area contributed by atoms with E-state index in [9.17, 15) is 0 Å². The maximum absolute atomic E-state index is 6.07. The van der Waals surface area contributed by atoms with Crippen molar-refractivity contribution in [2.45, 2.75) is 38.9 Å². The summed E-state index contributed by atoms with van der Waals surface area (Å²) in [5.74, 6) is 6.84. The Morgan fingerprint density at radius 2 is 1.84 bits per heavy atom. The first-order valence-electron chi connectivity index (χ1n) is 6.16.